The number of pyridine rings is 1. The second-order valence-electron chi connectivity index (χ2n) is 3.59. The molecule has 5 nitrogen and oxygen atoms in total. The first-order chi connectivity index (χ1) is 8.15. The van der Waals surface area contributed by atoms with Crippen molar-refractivity contribution in [1.82, 2.24) is 9.38 Å². The van der Waals surface area contributed by atoms with Crippen LogP contribution in [-0.2, 0) is 4.74 Å². The van der Waals surface area contributed by atoms with Gasteiger partial charge in [0.25, 0.3) is 0 Å². The summed E-state index contributed by atoms with van der Waals surface area (Å²) >= 11 is 0. The van der Waals surface area contributed by atoms with E-state index in [4.69, 9.17) is 10.5 Å². The number of hydrogen-bond donors (Lipinski definition) is 1. The molecule has 2 rings (SSSR count). The molecule has 88 valence electrons. The highest BCUT2D eigenvalue weighted by atomic mass is 16.5. The highest BCUT2D eigenvalue weighted by Crippen LogP contribution is 2.17. The summed E-state index contributed by atoms with van der Waals surface area (Å²) in [6.45, 7) is 5.41. The van der Waals surface area contributed by atoms with Gasteiger partial charge in [0.05, 0.1) is 11.4 Å². The zero-order valence-corrected chi connectivity index (χ0v) is 9.51. The number of rotatable bonds is 3. The van der Waals surface area contributed by atoms with Gasteiger partial charge in [-0.05, 0) is 19.1 Å². The molecule has 17 heavy (non-hydrogen) atoms. The maximum atomic E-state index is 11.8. The fraction of sp³-hybridized carbons (Fsp3) is 0.167. The van der Waals surface area contributed by atoms with Gasteiger partial charge in [-0.1, -0.05) is 12.7 Å². The molecular weight excluding hydrogens is 218 g/mol. The second kappa shape index (κ2) is 4.29. The number of carbonyl (C=O) groups is 1. The predicted octanol–water partition coefficient (Wildman–Crippen LogP) is 1.57. The minimum absolute atomic E-state index is 0.174. The Balaban J connectivity index is 2.53. The molecule has 0 aliphatic rings. The number of nitrogen functional groups attached to an aromatic ring is 1. The van der Waals surface area contributed by atoms with Crippen molar-refractivity contribution in [1.29, 1.82) is 0 Å². The van der Waals surface area contributed by atoms with Gasteiger partial charge < -0.3 is 10.5 Å². The monoisotopic (exact) mass is 231 g/mol. The number of fused-ring (bicyclic) bond motifs is 1. The largest absolute Gasteiger partial charge is 0.457 e. The molecule has 0 bridgehead atoms. The number of nitrogens with two attached hydrogens (primary N) is 1. The summed E-state index contributed by atoms with van der Waals surface area (Å²) in [7, 11) is 0. The molecule has 0 aliphatic carbocycles. The van der Waals surface area contributed by atoms with E-state index in [1.54, 1.807) is 29.7 Å². The van der Waals surface area contributed by atoms with Crippen molar-refractivity contribution < 1.29 is 9.53 Å². The molecule has 0 spiro atoms. The molecule has 2 heterocycles. The first-order valence-electron chi connectivity index (χ1n) is 5.16. The molecule has 0 atom stereocenters. The molecule has 0 amide bonds. The van der Waals surface area contributed by atoms with E-state index in [9.17, 15) is 4.79 Å². The lowest BCUT2D eigenvalue weighted by Crippen LogP contribution is -2.09. The molecule has 0 saturated heterocycles. The predicted molar refractivity (Wildman–Crippen MR) is 64.8 cm³/mol. The minimum Gasteiger partial charge on any atom is -0.457 e. The number of anilines is 1. The first-order valence-corrected chi connectivity index (χ1v) is 5.16. The Labute approximate surface area is 98.5 Å². The normalized spacial score (nSPS) is 10.4. The summed E-state index contributed by atoms with van der Waals surface area (Å²) in [5.41, 5.74) is 7.87. The smallest absolute Gasteiger partial charge is 0.357 e. The zero-order chi connectivity index (χ0) is 12.4. The summed E-state index contributed by atoms with van der Waals surface area (Å²) < 4.78 is 6.64. The van der Waals surface area contributed by atoms with Crippen molar-refractivity contribution in [3.8, 4) is 0 Å². The van der Waals surface area contributed by atoms with Crippen LogP contribution in [0.15, 0.2) is 31.0 Å². The summed E-state index contributed by atoms with van der Waals surface area (Å²) in [6.07, 6.45) is 3.25. The third-order valence-corrected chi connectivity index (χ3v) is 2.38. The average molecular weight is 231 g/mol. The molecule has 0 radical (unpaired) electrons. The van der Waals surface area contributed by atoms with E-state index < -0.39 is 5.97 Å². The molecular formula is C12H13N3O2. The summed E-state index contributed by atoms with van der Waals surface area (Å²) in [4.78, 5) is 16.1. The molecule has 0 aromatic carbocycles. The Hall–Kier alpha value is -2.30. The van der Waals surface area contributed by atoms with Crippen molar-refractivity contribution in [2.45, 2.75) is 6.92 Å². The van der Waals surface area contributed by atoms with Crippen LogP contribution in [-0.4, -0.2) is 22.0 Å². The third-order valence-electron chi connectivity index (χ3n) is 2.38. The van der Waals surface area contributed by atoms with Gasteiger partial charge in [-0.3, -0.25) is 4.40 Å². The molecule has 0 unspecified atom stereocenters. The van der Waals surface area contributed by atoms with Crippen LogP contribution in [0.25, 0.3) is 5.65 Å². The van der Waals surface area contributed by atoms with Gasteiger partial charge in [-0.25, -0.2) is 9.78 Å². The fourth-order valence-electron chi connectivity index (χ4n) is 1.65. The quantitative estimate of drug-likeness (QED) is 0.643. The molecule has 0 aliphatic heterocycles. The molecule has 2 N–H and O–H groups in total. The Morgan fingerprint density at radius 2 is 2.47 bits per heavy atom. The number of ether oxygens (including phenoxy) is 1. The Morgan fingerprint density at radius 1 is 1.71 bits per heavy atom. The highest BCUT2D eigenvalue weighted by molar-refractivity contribution is 5.91. The summed E-state index contributed by atoms with van der Waals surface area (Å²) in [5.74, 6) is -0.430. The fourth-order valence-corrected chi connectivity index (χ4v) is 1.65. The molecule has 0 saturated carbocycles. The lowest BCUT2D eigenvalue weighted by Gasteiger charge is -2.03. The molecule has 5 heteroatoms. The van der Waals surface area contributed by atoms with Gasteiger partial charge in [0.1, 0.15) is 6.61 Å². The topological polar surface area (TPSA) is 69.6 Å². The van der Waals surface area contributed by atoms with Gasteiger partial charge in [-0.2, -0.15) is 0 Å². The molecule has 2 aromatic heterocycles. The van der Waals surface area contributed by atoms with Crippen molar-refractivity contribution in [3.63, 3.8) is 0 Å². The van der Waals surface area contributed by atoms with Gasteiger partial charge in [0.15, 0.2) is 11.3 Å². The Bertz CT molecular complexity index is 587. The lowest BCUT2D eigenvalue weighted by atomic mass is 10.3. The van der Waals surface area contributed by atoms with Crippen LogP contribution in [0, 0.1) is 6.92 Å². The number of carbonyl (C=O) groups excluding carboxylic acids is 1. The minimum atomic E-state index is -0.430. The van der Waals surface area contributed by atoms with E-state index in [1.807, 2.05) is 0 Å². The van der Waals surface area contributed by atoms with Crippen molar-refractivity contribution >= 4 is 17.3 Å². The van der Waals surface area contributed by atoms with E-state index in [0.29, 0.717) is 22.7 Å². The van der Waals surface area contributed by atoms with Crippen LogP contribution in [0.4, 0.5) is 5.69 Å². The van der Waals surface area contributed by atoms with E-state index in [-0.39, 0.29) is 6.61 Å². The van der Waals surface area contributed by atoms with Crippen LogP contribution in [0.3, 0.4) is 0 Å². The Morgan fingerprint density at radius 3 is 3.18 bits per heavy atom. The van der Waals surface area contributed by atoms with Gasteiger partial charge in [0, 0.05) is 6.20 Å². The van der Waals surface area contributed by atoms with Gasteiger partial charge in [-0.15, -0.1) is 0 Å². The van der Waals surface area contributed by atoms with E-state index in [1.165, 1.54) is 6.08 Å². The number of hydrogen-bond acceptors (Lipinski definition) is 4. The zero-order valence-electron chi connectivity index (χ0n) is 9.51. The van der Waals surface area contributed by atoms with Crippen molar-refractivity contribution in [2.24, 2.45) is 0 Å². The highest BCUT2D eigenvalue weighted by Gasteiger charge is 2.18. The summed E-state index contributed by atoms with van der Waals surface area (Å²) in [5, 5.41) is 0. The second-order valence-corrected chi connectivity index (χ2v) is 3.59. The van der Waals surface area contributed by atoms with E-state index in [2.05, 4.69) is 11.6 Å². The van der Waals surface area contributed by atoms with Gasteiger partial charge >= 0.3 is 5.97 Å². The first kappa shape index (κ1) is 11.2. The number of imidazole rings is 1. The van der Waals surface area contributed by atoms with Crippen LogP contribution < -0.4 is 5.73 Å². The molecule has 2 aromatic rings. The number of aryl methyl sites for hydroxylation is 1. The molecule has 0 fully saturated rings. The van der Waals surface area contributed by atoms with E-state index >= 15 is 0 Å². The van der Waals surface area contributed by atoms with Crippen LogP contribution in [0.5, 0.6) is 0 Å². The van der Waals surface area contributed by atoms with Crippen LogP contribution in [0.2, 0.25) is 0 Å². The standard InChI is InChI=1S/C12H13N3O2/c1-3-7-17-12(16)10-8(2)14-11-9(13)5-4-6-15(10)11/h3-6H,1,7,13H2,2H3. The van der Waals surface area contributed by atoms with E-state index in [0.717, 1.165) is 0 Å². The summed E-state index contributed by atoms with van der Waals surface area (Å²) in [6, 6.07) is 3.49. The number of aromatic nitrogens is 2. The number of nitrogens with zero attached hydrogens (tertiary/aromatic N) is 2. The number of esters is 1. The van der Waals surface area contributed by atoms with Crippen LogP contribution >= 0.6 is 0 Å². The maximum Gasteiger partial charge on any atom is 0.357 e. The average Bonchev–Trinajstić information content (AvgIpc) is 2.64. The van der Waals surface area contributed by atoms with Crippen molar-refractivity contribution in [3.05, 3.63) is 42.4 Å². The third kappa shape index (κ3) is 1.87. The maximum absolute atomic E-state index is 11.8. The van der Waals surface area contributed by atoms with Gasteiger partial charge in [0.2, 0.25) is 0 Å². The lowest BCUT2D eigenvalue weighted by molar-refractivity contribution is 0.0541. The SMILES string of the molecule is C=CCOC(=O)c1c(C)nc2c(N)cccn12. The van der Waals surface area contributed by atoms with Crippen molar-refractivity contribution in [2.75, 3.05) is 12.3 Å². The van der Waals surface area contributed by atoms with Crippen LogP contribution in [0.1, 0.15) is 16.2 Å². The Kier molecular flexibility index (Phi) is 2.82.